The maximum atomic E-state index is 13.6. The normalized spacial score (nSPS) is 10.7. The van der Waals surface area contributed by atoms with Gasteiger partial charge in [-0.1, -0.05) is 12.1 Å². The lowest BCUT2D eigenvalue weighted by molar-refractivity contribution is 0.623. The molecule has 3 nitrogen and oxygen atoms in total. The van der Waals surface area contributed by atoms with E-state index in [1.54, 1.807) is 28.8 Å². The molecule has 0 bridgehead atoms. The molecule has 2 aromatic carbocycles. The molecule has 0 fully saturated rings. The Balaban J connectivity index is 2.43. The van der Waals surface area contributed by atoms with E-state index in [1.165, 1.54) is 6.07 Å². The number of para-hydroxylation sites is 1. The topological polar surface area (TPSA) is 44.5 Å². The second-order valence-electron chi connectivity index (χ2n) is 4.18. The molecule has 1 aromatic heterocycles. The zero-order chi connectivity index (χ0) is 14.3. The molecule has 3 rings (SSSR count). The number of nitrogens with zero attached hydrogens (tertiary/aromatic N) is 2. The predicted molar refractivity (Wildman–Crippen MR) is 80.8 cm³/mol. The third-order valence-electron chi connectivity index (χ3n) is 2.99. The molecule has 6 heteroatoms. The molecular formula is C14H7BrFN3S. The molecule has 0 saturated carbocycles. The molecule has 1 N–H and O–H groups in total. The highest BCUT2D eigenvalue weighted by Crippen LogP contribution is 2.26. The zero-order valence-corrected chi connectivity index (χ0v) is 12.4. The van der Waals surface area contributed by atoms with Gasteiger partial charge in [0.15, 0.2) is 4.77 Å². The molecule has 0 amide bonds. The fourth-order valence-corrected chi connectivity index (χ4v) is 2.74. The van der Waals surface area contributed by atoms with Gasteiger partial charge < -0.3 is 4.98 Å². The van der Waals surface area contributed by atoms with E-state index < -0.39 is 0 Å². The van der Waals surface area contributed by atoms with Crippen LogP contribution in [0.1, 0.15) is 5.56 Å². The zero-order valence-electron chi connectivity index (χ0n) is 10.0. The van der Waals surface area contributed by atoms with E-state index in [0.29, 0.717) is 31.5 Å². The van der Waals surface area contributed by atoms with E-state index in [2.05, 4.69) is 27.0 Å². The minimum absolute atomic E-state index is 0.349. The molecule has 20 heavy (non-hydrogen) atoms. The number of halogens is 2. The van der Waals surface area contributed by atoms with Gasteiger partial charge in [0.05, 0.1) is 26.8 Å². The number of imidazole rings is 1. The van der Waals surface area contributed by atoms with Crippen molar-refractivity contribution in [3.63, 3.8) is 0 Å². The van der Waals surface area contributed by atoms with Crippen LogP contribution in [0.15, 0.2) is 40.9 Å². The van der Waals surface area contributed by atoms with E-state index in [-0.39, 0.29) is 5.82 Å². The Morgan fingerprint density at radius 2 is 2.05 bits per heavy atom. The number of fused-ring (bicyclic) bond motifs is 1. The first-order valence-electron chi connectivity index (χ1n) is 5.71. The summed E-state index contributed by atoms with van der Waals surface area (Å²) in [4.78, 5) is 2.95. The maximum absolute atomic E-state index is 13.6. The smallest absolute Gasteiger partial charge is 0.182 e. The summed E-state index contributed by atoms with van der Waals surface area (Å²) in [6, 6.07) is 12.3. The third kappa shape index (κ3) is 1.96. The van der Waals surface area contributed by atoms with Gasteiger partial charge in [-0.2, -0.15) is 5.26 Å². The molecular weight excluding hydrogens is 341 g/mol. The van der Waals surface area contributed by atoms with Gasteiger partial charge in [-0.15, -0.1) is 0 Å². The van der Waals surface area contributed by atoms with Crippen molar-refractivity contribution in [2.24, 2.45) is 0 Å². The quantitative estimate of drug-likeness (QED) is 0.660. The third-order valence-corrected chi connectivity index (χ3v) is 3.88. The Hall–Kier alpha value is -1.97. The number of nitrogens with one attached hydrogen (secondary N) is 1. The summed E-state index contributed by atoms with van der Waals surface area (Å²) in [6.45, 7) is 0. The Kier molecular flexibility index (Phi) is 3.16. The molecule has 0 saturated heterocycles. The van der Waals surface area contributed by atoms with Gasteiger partial charge in [0.25, 0.3) is 0 Å². The van der Waals surface area contributed by atoms with E-state index >= 15 is 0 Å². The van der Waals surface area contributed by atoms with E-state index in [4.69, 9.17) is 12.2 Å². The van der Waals surface area contributed by atoms with E-state index in [9.17, 15) is 9.65 Å². The van der Waals surface area contributed by atoms with Crippen molar-refractivity contribution in [1.82, 2.24) is 9.55 Å². The van der Waals surface area contributed by atoms with Crippen LogP contribution in [-0.4, -0.2) is 9.55 Å². The van der Waals surface area contributed by atoms with Crippen LogP contribution in [0.4, 0.5) is 4.39 Å². The van der Waals surface area contributed by atoms with E-state index in [0.717, 1.165) is 0 Å². The van der Waals surface area contributed by atoms with Crippen LogP contribution in [0.2, 0.25) is 0 Å². The Morgan fingerprint density at radius 1 is 1.30 bits per heavy atom. The highest BCUT2D eigenvalue weighted by atomic mass is 79.9. The summed E-state index contributed by atoms with van der Waals surface area (Å²) in [5.74, 6) is -0.366. The van der Waals surface area contributed by atoms with Crippen molar-refractivity contribution < 1.29 is 4.39 Å². The second kappa shape index (κ2) is 4.85. The minimum atomic E-state index is -0.366. The Labute approximate surface area is 127 Å². The fraction of sp³-hybridized carbons (Fsp3) is 0. The summed E-state index contributed by atoms with van der Waals surface area (Å²) in [5.41, 5.74) is 2.48. The van der Waals surface area contributed by atoms with Crippen LogP contribution in [0, 0.1) is 21.9 Å². The lowest BCUT2D eigenvalue weighted by Crippen LogP contribution is -1.97. The van der Waals surface area contributed by atoms with Crippen LogP contribution < -0.4 is 0 Å². The van der Waals surface area contributed by atoms with Crippen LogP contribution in [0.25, 0.3) is 16.7 Å². The molecule has 0 aliphatic heterocycles. The first-order chi connectivity index (χ1) is 9.61. The largest absolute Gasteiger partial charge is 0.330 e. The van der Waals surface area contributed by atoms with Crippen molar-refractivity contribution in [3.05, 3.63) is 57.0 Å². The number of nitriles is 1. The average molecular weight is 348 g/mol. The van der Waals surface area contributed by atoms with Crippen LogP contribution >= 0.6 is 28.1 Å². The molecule has 0 aliphatic rings. The molecule has 0 aliphatic carbocycles. The van der Waals surface area contributed by atoms with Gasteiger partial charge in [0, 0.05) is 6.07 Å². The monoisotopic (exact) mass is 347 g/mol. The molecule has 0 unspecified atom stereocenters. The summed E-state index contributed by atoms with van der Waals surface area (Å²) in [6.07, 6.45) is 0. The van der Waals surface area contributed by atoms with Crippen molar-refractivity contribution in [2.75, 3.05) is 0 Å². The van der Waals surface area contributed by atoms with Crippen LogP contribution in [-0.2, 0) is 0 Å². The summed E-state index contributed by atoms with van der Waals surface area (Å²) in [5, 5.41) is 9.20. The predicted octanol–water partition coefficient (Wildman–Crippen LogP) is 4.46. The Bertz CT molecular complexity index is 920. The highest BCUT2D eigenvalue weighted by molar-refractivity contribution is 9.10. The molecule has 0 spiro atoms. The molecule has 0 atom stereocenters. The first-order valence-corrected chi connectivity index (χ1v) is 6.91. The van der Waals surface area contributed by atoms with Gasteiger partial charge >= 0.3 is 0 Å². The lowest BCUT2D eigenvalue weighted by atomic mass is 10.2. The van der Waals surface area contributed by atoms with Gasteiger partial charge in [-0.3, -0.25) is 4.57 Å². The maximum Gasteiger partial charge on any atom is 0.182 e. The van der Waals surface area contributed by atoms with Crippen LogP contribution in [0.3, 0.4) is 0 Å². The van der Waals surface area contributed by atoms with Crippen molar-refractivity contribution >= 4 is 39.2 Å². The number of benzene rings is 2. The van der Waals surface area contributed by atoms with Crippen molar-refractivity contribution in [1.29, 1.82) is 5.26 Å². The Morgan fingerprint density at radius 3 is 2.80 bits per heavy atom. The molecule has 98 valence electrons. The van der Waals surface area contributed by atoms with Gasteiger partial charge in [-0.25, -0.2) is 4.39 Å². The SMILES string of the molecule is N#Cc1ccccc1-n1c(=S)[nH]c2cc(F)c(Br)cc21. The summed E-state index contributed by atoms with van der Waals surface area (Å²) in [7, 11) is 0. The number of rotatable bonds is 1. The van der Waals surface area contributed by atoms with Crippen molar-refractivity contribution in [3.8, 4) is 11.8 Å². The molecule has 1 heterocycles. The lowest BCUT2D eigenvalue weighted by Gasteiger charge is -2.06. The molecule has 3 aromatic rings. The van der Waals surface area contributed by atoms with Gasteiger partial charge in [-0.05, 0) is 46.3 Å². The number of hydrogen-bond acceptors (Lipinski definition) is 2. The van der Waals surface area contributed by atoms with E-state index in [1.807, 2.05) is 6.07 Å². The number of H-pyrrole nitrogens is 1. The second-order valence-corrected chi connectivity index (χ2v) is 5.42. The first kappa shape index (κ1) is 13.0. The minimum Gasteiger partial charge on any atom is -0.330 e. The standard InChI is InChI=1S/C14H7BrFN3S/c15-9-5-13-11(6-10(9)16)18-14(20)19(13)12-4-2-1-3-8(12)7-17/h1-6H,(H,18,20). The summed E-state index contributed by atoms with van der Waals surface area (Å²) < 4.78 is 16.1. The average Bonchev–Trinajstić information content (AvgIpc) is 2.74. The number of hydrogen-bond donors (Lipinski definition) is 1. The van der Waals surface area contributed by atoms with Crippen LogP contribution in [0.5, 0.6) is 0 Å². The van der Waals surface area contributed by atoms with Crippen molar-refractivity contribution in [2.45, 2.75) is 0 Å². The molecule has 0 radical (unpaired) electrons. The summed E-state index contributed by atoms with van der Waals surface area (Å²) >= 11 is 8.46. The van der Waals surface area contributed by atoms with Gasteiger partial charge in [0.2, 0.25) is 0 Å². The fourth-order valence-electron chi connectivity index (χ4n) is 2.10. The van der Waals surface area contributed by atoms with Gasteiger partial charge in [0.1, 0.15) is 11.9 Å². The highest BCUT2D eigenvalue weighted by Gasteiger charge is 2.12. The number of aromatic nitrogens is 2. The number of aromatic amines is 1.